The maximum atomic E-state index is 12.6. The Hall–Kier alpha value is -1.67. The quantitative estimate of drug-likeness (QED) is 0.730. The van der Waals surface area contributed by atoms with Crippen molar-refractivity contribution in [2.24, 2.45) is 0 Å². The maximum Gasteiger partial charge on any atom is 0.242 e. The second-order valence-corrected chi connectivity index (χ2v) is 8.36. The lowest BCUT2D eigenvalue weighted by molar-refractivity contribution is 0.246. The van der Waals surface area contributed by atoms with Gasteiger partial charge < -0.3 is 4.74 Å². The molecule has 0 saturated carbocycles. The van der Waals surface area contributed by atoms with Gasteiger partial charge in [-0.1, -0.05) is 23.7 Å². The van der Waals surface area contributed by atoms with Gasteiger partial charge >= 0.3 is 0 Å². The van der Waals surface area contributed by atoms with Crippen LogP contribution in [0.4, 0.5) is 0 Å². The van der Waals surface area contributed by atoms with E-state index in [1.54, 1.807) is 7.11 Å². The molecule has 140 valence electrons. The van der Waals surface area contributed by atoms with Crippen molar-refractivity contribution in [3.05, 3.63) is 53.3 Å². The first-order valence-electron chi connectivity index (χ1n) is 8.49. The van der Waals surface area contributed by atoms with Crippen molar-refractivity contribution in [1.82, 2.24) is 14.6 Å². The summed E-state index contributed by atoms with van der Waals surface area (Å²) in [6.07, 6.45) is 3.50. The third-order valence-corrected chi connectivity index (χ3v) is 6.17. The van der Waals surface area contributed by atoms with Crippen LogP contribution >= 0.6 is 11.6 Å². The monoisotopic (exact) mass is 395 g/mol. The molecule has 1 aromatic carbocycles. The minimum absolute atomic E-state index is 0.0531. The van der Waals surface area contributed by atoms with Crippen LogP contribution in [-0.4, -0.2) is 45.0 Å². The highest BCUT2D eigenvalue weighted by atomic mass is 35.5. The zero-order chi connectivity index (χ0) is 18.6. The molecule has 1 aliphatic rings. The molecule has 1 atom stereocenters. The molecule has 0 amide bonds. The topological polar surface area (TPSA) is 71.5 Å². The summed E-state index contributed by atoms with van der Waals surface area (Å²) in [4.78, 5) is 6.26. The number of hydrogen-bond acceptors (Lipinski definition) is 5. The number of nitrogens with zero attached hydrogens (tertiary/aromatic N) is 2. The third kappa shape index (κ3) is 4.54. The van der Waals surface area contributed by atoms with Gasteiger partial charge in [-0.25, -0.2) is 18.1 Å². The molecule has 0 spiro atoms. The summed E-state index contributed by atoms with van der Waals surface area (Å²) in [6.45, 7) is 2.18. The molecule has 3 rings (SSSR count). The average molecular weight is 396 g/mol. The van der Waals surface area contributed by atoms with Crippen LogP contribution in [0.25, 0.3) is 0 Å². The Morgan fingerprint density at radius 2 is 2.04 bits per heavy atom. The van der Waals surface area contributed by atoms with Crippen LogP contribution in [0.5, 0.6) is 5.75 Å². The molecule has 1 aliphatic heterocycles. The molecule has 0 aliphatic carbocycles. The highest BCUT2D eigenvalue weighted by Gasteiger charge is 2.26. The van der Waals surface area contributed by atoms with Gasteiger partial charge in [0.05, 0.1) is 7.11 Å². The number of aromatic nitrogens is 1. The Labute approximate surface area is 159 Å². The van der Waals surface area contributed by atoms with Crippen molar-refractivity contribution in [2.75, 3.05) is 26.7 Å². The molecule has 0 radical (unpaired) electrons. The molecule has 1 unspecified atom stereocenters. The number of methoxy groups -OCH3 is 1. The van der Waals surface area contributed by atoms with Gasteiger partial charge in [-0.05, 0) is 55.8 Å². The van der Waals surface area contributed by atoms with Crippen LogP contribution in [0.15, 0.2) is 47.5 Å². The van der Waals surface area contributed by atoms with Gasteiger partial charge in [-0.3, -0.25) is 4.90 Å². The molecular formula is C18H22ClN3O3S. The van der Waals surface area contributed by atoms with Crippen LogP contribution < -0.4 is 9.46 Å². The average Bonchev–Trinajstić information content (AvgIpc) is 3.17. The Morgan fingerprint density at radius 1 is 1.27 bits per heavy atom. The molecule has 1 saturated heterocycles. The van der Waals surface area contributed by atoms with Gasteiger partial charge in [0.2, 0.25) is 10.0 Å². The predicted octanol–water partition coefficient (Wildman–Crippen LogP) is 2.86. The molecular weight excluding hydrogens is 374 g/mol. The molecule has 1 fully saturated rings. The van der Waals surface area contributed by atoms with Crippen molar-refractivity contribution < 1.29 is 13.2 Å². The van der Waals surface area contributed by atoms with Crippen molar-refractivity contribution in [2.45, 2.75) is 23.8 Å². The van der Waals surface area contributed by atoms with Gasteiger partial charge in [0.25, 0.3) is 0 Å². The van der Waals surface area contributed by atoms with Gasteiger partial charge in [-0.15, -0.1) is 0 Å². The first-order valence-corrected chi connectivity index (χ1v) is 10.3. The van der Waals surface area contributed by atoms with E-state index >= 15 is 0 Å². The SMILES string of the molecule is COc1cccc(C(CNS(=O)(=O)c2ccc(Cl)nc2)N2CCCC2)c1. The van der Waals surface area contributed by atoms with Gasteiger partial charge in [0.15, 0.2) is 0 Å². The molecule has 2 aromatic rings. The number of benzene rings is 1. The van der Waals surface area contributed by atoms with Crippen molar-refractivity contribution in [3.63, 3.8) is 0 Å². The Balaban J connectivity index is 1.80. The van der Waals surface area contributed by atoms with E-state index in [4.69, 9.17) is 16.3 Å². The largest absolute Gasteiger partial charge is 0.497 e. The van der Waals surface area contributed by atoms with Crippen molar-refractivity contribution in [1.29, 1.82) is 0 Å². The molecule has 26 heavy (non-hydrogen) atoms. The zero-order valence-corrected chi connectivity index (χ0v) is 16.1. The minimum Gasteiger partial charge on any atom is -0.497 e. The van der Waals surface area contributed by atoms with Crippen LogP contribution in [0.3, 0.4) is 0 Å². The normalized spacial score (nSPS) is 16.5. The van der Waals surface area contributed by atoms with E-state index in [0.717, 1.165) is 37.2 Å². The summed E-state index contributed by atoms with van der Waals surface area (Å²) in [7, 11) is -2.03. The fourth-order valence-electron chi connectivity index (χ4n) is 3.15. The maximum absolute atomic E-state index is 12.6. The minimum atomic E-state index is -3.65. The molecule has 0 bridgehead atoms. The fourth-order valence-corrected chi connectivity index (χ4v) is 4.25. The number of halogens is 1. The van der Waals surface area contributed by atoms with Gasteiger partial charge in [0, 0.05) is 18.8 Å². The molecule has 2 heterocycles. The number of ether oxygens (including phenoxy) is 1. The Bertz CT molecular complexity index is 837. The standard InChI is InChI=1S/C18H22ClN3O3S/c1-25-15-6-4-5-14(11-15)17(22-9-2-3-10-22)13-21-26(23,24)16-7-8-18(19)20-12-16/h4-8,11-12,17,21H,2-3,9-10,13H2,1H3. The summed E-state index contributed by atoms with van der Waals surface area (Å²) >= 11 is 5.74. The summed E-state index contributed by atoms with van der Waals surface area (Å²) in [6, 6.07) is 10.6. The van der Waals surface area contributed by atoms with Gasteiger partial charge in [-0.2, -0.15) is 0 Å². The second kappa shape index (κ2) is 8.35. The molecule has 1 aromatic heterocycles. The number of nitrogens with one attached hydrogen (secondary N) is 1. The van der Waals surface area contributed by atoms with E-state index in [0.29, 0.717) is 0 Å². The number of likely N-dealkylation sites (tertiary alicyclic amines) is 1. The number of rotatable bonds is 7. The van der Waals surface area contributed by atoms with Crippen molar-refractivity contribution >= 4 is 21.6 Å². The summed E-state index contributed by atoms with van der Waals surface area (Å²) in [5.74, 6) is 0.761. The van der Waals surface area contributed by atoms with E-state index < -0.39 is 10.0 Å². The first-order chi connectivity index (χ1) is 12.5. The Kier molecular flexibility index (Phi) is 6.13. The highest BCUT2D eigenvalue weighted by molar-refractivity contribution is 7.89. The first kappa shape index (κ1) is 19.1. The van der Waals surface area contributed by atoms with E-state index in [9.17, 15) is 8.42 Å². The van der Waals surface area contributed by atoms with E-state index in [2.05, 4.69) is 14.6 Å². The number of pyridine rings is 1. The van der Waals surface area contributed by atoms with Crippen LogP contribution in [0.1, 0.15) is 24.4 Å². The molecule has 6 nitrogen and oxygen atoms in total. The second-order valence-electron chi connectivity index (χ2n) is 6.20. The Morgan fingerprint density at radius 3 is 2.69 bits per heavy atom. The van der Waals surface area contributed by atoms with Gasteiger partial charge in [0.1, 0.15) is 15.8 Å². The lowest BCUT2D eigenvalue weighted by Crippen LogP contribution is -2.36. The van der Waals surface area contributed by atoms with Crippen LogP contribution in [0, 0.1) is 0 Å². The summed E-state index contributed by atoms with van der Waals surface area (Å²) in [5, 5.41) is 0.260. The zero-order valence-electron chi connectivity index (χ0n) is 14.6. The summed E-state index contributed by atoms with van der Waals surface area (Å²) < 4.78 is 33.2. The lowest BCUT2D eigenvalue weighted by atomic mass is 10.1. The molecule has 1 N–H and O–H groups in total. The highest BCUT2D eigenvalue weighted by Crippen LogP contribution is 2.27. The van der Waals surface area contributed by atoms with E-state index in [1.807, 2.05) is 24.3 Å². The summed E-state index contributed by atoms with van der Waals surface area (Å²) in [5.41, 5.74) is 1.03. The van der Waals surface area contributed by atoms with E-state index in [1.165, 1.54) is 18.3 Å². The fraction of sp³-hybridized carbons (Fsp3) is 0.389. The van der Waals surface area contributed by atoms with Crippen LogP contribution in [0.2, 0.25) is 5.15 Å². The number of sulfonamides is 1. The lowest BCUT2D eigenvalue weighted by Gasteiger charge is -2.28. The van der Waals surface area contributed by atoms with E-state index in [-0.39, 0.29) is 22.6 Å². The third-order valence-electron chi connectivity index (χ3n) is 4.54. The smallest absolute Gasteiger partial charge is 0.242 e. The predicted molar refractivity (Wildman–Crippen MR) is 101 cm³/mol. The van der Waals surface area contributed by atoms with Crippen molar-refractivity contribution in [3.8, 4) is 5.75 Å². The van der Waals surface area contributed by atoms with Crippen LogP contribution in [-0.2, 0) is 10.0 Å². The molecule has 8 heteroatoms. The number of hydrogen-bond donors (Lipinski definition) is 1.